The van der Waals surface area contributed by atoms with Crippen molar-refractivity contribution >= 4 is 17.7 Å². The molecule has 1 saturated carbocycles. The fourth-order valence-electron chi connectivity index (χ4n) is 2.55. The van der Waals surface area contributed by atoms with E-state index in [2.05, 4.69) is 25.4 Å². The molecular weight excluding hydrogens is 244 g/mol. The van der Waals surface area contributed by atoms with E-state index in [4.69, 9.17) is 5.73 Å². The van der Waals surface area contributed by atoms with Gasteiger partial charge in [-0.25, -0.2) is 0 Å². The average molecular weight is 272 g/mol. The van der Waals surface area contributed by atoms with Gasteiger partial charge >= 0.3 is 0 Å². The van der Waals surface area contributed by atoms with E-state index in [9.17, 15) is 4.79 Å². The smallest absolute Gasteiger partial charge is 0.220 e. The second-order valence-corrected chi connectivity index (χ2v) is 7.23. The monoisotopic (exact) mass is 272 g/mol. The van der Waals surface area contributed by atoms with Gasteiger partial charge in [-0.3, -0.25) is 4.79 Å². The van der Waals surface area contributed by atoms with Gasteiger partial charge in [0.25, 0.3) is 0 Å². The molecule has 0 aliphatic heterocycles. The fraction of sp³-hybridized carbons (Fsp3) is 0.929. The minimum Gasteiger partial charge on any atom is -0.355 e. The van der Waals surface area contributed by atoms with Crippen molar-refractivity contribution in [3.05, 3.63) is 0 Å². The molecule has 1 fully saturated rings. The molecule has 1 rings (SSSR count). The van der Waals surface area contributed by atoms with E-state index in [1.807, 2.05) is 11.8 Å². The molecule has 1 amide bonds. The van der Waals surface area contributed by atoms with Crippen molar-refractivity contribution in [1.82, 2.24) is 5.32 Å². The van der Waals surface area contributed by atoms with Gasteiger partial charge in [0.1, 0.15) is 0 Å². The number of hydrogen-bond acceptors (Lipinski definition) is 3. The van der Waals surface area contributed by atoms with Crippen LogP contribution in [0.15, 0.2) is 0 Å². The minimum atomic E-state index is 0.173. The first-order chi connectivity index (χ1) is 8.51. The summed E-state index contributed by atoms with van der Waals surface area (Å²) < 4.78 is 0.325. The summed E-state index contributed by atoms with van der Waals surface area (Å²) in [4.78, 5) is 11.9. The van der Waals surface area contributed by atoms with E-state index in [-0.39, 0.29) is 5.91 Å². The summed E-state index contributed by atoms with van der Waals surface area (Å²) in [5, 5.41) is 3.10. The van der Waals surface area contributed by atoms with Gasteiger partial charge < -0.3 is 11.1 Å². The molecule has 0 heterocycles. The van der Waals surface area contributed by atoms with Gasteiger partial charge in [-0.1, -0.05) is 20.3 Å². The molecule has 4 heteroatoms. The Balaban J connectivity index is 2.27. The number of nitrogens with two attached hydrogens (primary N) is 1. The highest BCUT2D eigenvalue weighted by atomic mass is 32.2. The lowest BCUT2D eigenvalue weighted by Crippen LogP contribution is -2.45. The fourth-order valence-corrected chi connectivity index (χ4v) is 3.46. The summed E-state index contributed by atoms with van der Waals surface area (Å²) in [5.41, 5.74) is 5.73. The van der Waals surface area contributed by atoms with E-state index in [1.54, 1.807) is 0 Å². The van der Waals surface area contributed by atoms with Crippen molar-refractivity contribution in [2.75, 3.05) is 19.3 Å². The highest BCUT2D eigenvalue weighted by molar-refractivity contribution is 8.00. The maximum atomic E-state index is 11.9. The molecule has 0 radical (unpaired) electrons. The summed E-state index contributed by atoms with van der Waals surface area (Å²) in [7, 11) is 0. The highest BCUT2D eigenvalue weighted by Crippen LogP contribution is 2.42. The molecule has 3 nitrogen and oxygen atoms in total. The molecule has 1 aliphatic rings. The van der Waals surface area contributed by atoms with Crippen LogP contribution < -0.4 is 11.1 Å². The van der Waals surface area contributed by atoms with Crippen molar-refractivity contribution in [2.24, 2.45) is 17.6 Å². The predicted octanol–water partition coefficient (Wildman–Crippen LogP) is 2.40. The molecule has 3 N–H and O–H groups in total. The Labute approximate surface area is 116 Å². The molecule has 1 atom stereocenters. The first kappa shape index (κ1) is 15.8. The number of thioether (sulfide) groups is 1. The summed E-state index contributed by atoms with van der Waals surface area (Å²) in [5.74, 6) is 1.11. The van der Waals surface area contributed by atoms with Crippen molar-refractivity contribution in [2.45, 2.75) is 50.7 Å². The van der Waals surface area contributed by atoms with Crippen molar-refractivity contribution in [1.29, 1.82) is 0 Å². The predicted molar refractivity (Wildman–Crippen MR) is 79.7 cm³/mol. The van der Waals surface area contributed by atoms with Crippen molar-refractivity contribution in [3.63, 3.8) is 0 Å². The number of amides is 1. The molecule has 0 aromatic heterocycles. The normalized spacial score (nSPS) is 19.4. The molecule has 18 heavy (non-hydrogen) atoms. The first-order valence-electron chi connectivity index (χ1n) is 7.03. The van der Waals surface area contributed by atoms with Crippen LogP contribution in [0.1, 0.15) is 46.0 Å². The summed E-state index contributed by atoms with van der Waals surface area (Å²) >= 11 is 1.90. The topological polar surface area (TPSA) is 55.1 Å². The molecule has 0 spiro atoms. The standard InChI is InChI=1S/C14H28N2OS/c1-11(2)7-12(9-15)8-13(17)16-10-14(18-3)5-4-6-14/h11-12H,4-10,15H2,1-3H3,(H,16,17). The van der Waals surface area contributed by atoms with Crippen LogP contribution in [0.4, 0.5) is 0 Å². The number of nitrogens with one attached hydrogen (secondary N) is 1. The largest absolute Gasteiger partial charge is 0.355 e. The number of carbonyl (C=O) groups is 1. The van der Waals surface area contributed by atoms with Gasteiger partial charge in [-0.15, -0.1) is 0 Å². The van der Waals surface area contributed by atoms with Crippen LogP contribution >= 0.6 is 11.8 Å². The van der Waals surface area contributed by atoms with E-state index >= 15 is 0 Å². The average Bonchev–Trinajstić information content (AvgIpc) is 2.26. The molecule has 106 valence electrons. The SMILES string of the molecule is CSC1(CNC(=O)CC(CN)CC(C)C)CCC1. The molecule has 1 aliphatic carbocycles. The molecule has 0 aromatic carbocycles. The van der Waals surface area contributed by atoms with Crippen LogP contribution in [-0.4, -0.2) is 30.0 Å². The molecule has 0 aromatic rings. The highest BCUT2D eigenvalue weighted by Gasteiger charge is 2.36. The van der Waals surface area contributed by atoms with E-state index in [1.165, 1.54) is 19.3 Å². The number of carbonyl (C=O) groups excluding carboxylic acids is 1. The molecule has 0 bridgehead atoms. The van der Waals surface area contributed by atoms with E-state index in [0.717, 1.165) is 13.0 Å². The molecular formula is C14H28N2OS. The van der Waals surface area contributed by atoms with Crippen LogP contribution in [-0.2, 0) is 4.79 Å². The number of rotatable bonds is 8. The van der Waals surface area contributed by atoms with Gasteiger partial charge in [-0.05, 0) is 43.9 Å². The Morgan fingerprint density at radius 3 is 2.50 bits per heavy atom. The zero-order valence-corrected chi connectivity index (χ0v) is 12.8. The minimum absolute atomic E-state index is 0.173. The third-order valence-electron chi connectivity index (χ3n) is 3.92. The van der Waals surface area contributed by atoms with E-state index < -0.39 is 0 Å². The van der Waals surface area contributed by atoms with Gasteiger partial charge in [0.2, 0.25) is 5.91 Å². The lowest BCUT2D eigenvalue weighted by Gasteiger charge is -2.40. The second-order valence-electron chi connectivity index (χ2n) is 5.95. The Kier molecular flexibility index (Phi) is 6.50. The zero-order valence-electron chi connectivity index (χ0n) is 12.0. The Hall–Kier alpha value is -0.220. The zero-order chi connectivity index (χ0) is 13.6. The van der Waals surface area contributed by atoms with Crippen LogP contribution in [0.2, 0.25) is 0 Å². The summed E-state index contributed by atoms with van der Waals surface area (Å²) in [6.45, 7) is 5.79. The quantitative estimate of drug-likeness (QED) is 0.713. The number of hydrogen-bond donors (Lipinski definition) is 2. The lowest BCUT2D eigenvalue weighted by molar-refractivity contribution is -0.122. The summed E-state index contributed by atoms with van der Waals surface area (Å²) in [6.07, 6.45) is 7.54. The van der Waals surface area contributed by atoms with Crippen LogP contribution in [0.3, 0.4) is 0 Å². The summed E-state index contributed by atoms with van der Waals surface area (Å²) in [6, 6.07) is 0. The van der Waals surface area contributed by atoms with Gasteiger partial charge in [0, 0.05) is 17.7 Å². The van der Waals surface area contributed by atoms with Crippen LogP contribution in [0, 0.1) is 11.8 Å². The maximum absolute atomic E-state index is 11.9. The van der Waals surface area contributed by atoms with Gasteiger partial charge in [0.15, 0.2) is 0 Å². The maximum Gasteiger partial charge on any atom is 0.220 e. The third kappa shape index (κ3) is 4.81. The van der Waals surface area contributed by atoms with Crippen LogP contribution in [0.25, 0.3) is 0 Å². The van der Waals surface area contributed by atoms with Gasteiger partial charge in [0.05, 0.1) is 0 Å². The lowest BCUT2D eigenvalue weighted by atomic mass is 9.84. The molecule has 0 saturated heterocycles. The second kappa shape index (κ2) is 7.39. The van der Waals surface area contributed by atoms with Gasteiger partial charge in [-0.2, -0.15) is 11.8 Å². The van der Waals surface area contributed by atoms with Crippen molar-refractivity contribution < 1.29 is 4.79 Å². The van der Waals surface area contributed by atoms with Crippen molar-refractivity contribution in [3.8, 4) is 0 Å². The molecule has 1 unspecified atom stereocenters. The Morgan fingerprint density at radius 2 is 2.11 bits per heavy atom. The Morgan fingerprint density at radius 1 is 1.44 bits per heavy atom. The Bertz CT molecular complexity index is 259. The first-order valence-corrected chi connectivity index (χ1v) is 8.25. The third-order valence-corrected chi connectivity index (χ3v) is 5.34. The van der Waals surface area contributed by atoms with Crippen LogP contribution in [0.5, 0.6) is 0 Å². The van der Waals surface area contributed by atoms with E-state index in [0.29, 0.717) is 29.5 Å².